The van der Waals surface area contributed by atoms with E-state index >= 15 is 0 Å². The molecule has 0 aliphatic carbocycles. The summed E-state index contributed by atoms with van der Waals surface area (Å²) < 4.78 is 11.5. The molecule has 100 valence electrons. The van der Waals surface area contributed by atoms with E-state index in [-0.39, 0.29) is 17.5 Å². The second kappa shape index (κ2) is 5.69. The van der Waals surface area contributed by atoms with Crippen molar-refractivity contribution in [3.63, 3.8) is 0 Å². The summed E-state index contributed by atoms with van der Waals surface area (Å²) in [6.07, 6.45) is 0.0889. The van der Waals surface area contributed by atoms with Gasteiger partial charge in [-0.3, -0.25) is 0 Å². The Bertz CT molecular complexity index is 392. The van der Waals surface area contributed by atoms with E-state index in [2.05, 4.69) is 19.2 Å². The van der Waals surface area contributed by atoms with E-state index in [9.17, 15) is 5.11 Å². The molecule has 2 rings (SSSR count). The molecule has 0 bridgehead atoms. The monoisotopic (exact) mass is 251 g/mol. The van der Waals surface area contributed by atoms with Crippen LogP contribution in [-0.2, 0) is 16.1 Å². The van der Waals surface area contributed by atoms with E-state index in [0.29, 0.717) is 13.2 Å². The topological polar surface area (TPSA) is 50.7 Å². The highest BCUT2D eigenvalue weighted by Gasteiger charge is 2.28. The van der Waals surface area contributed by atoms with Crippen LogP contribution in [0.2, 0.25) is 0 Å². The minimum Gasteiger partial charge on any atom is -0.508 e. The van der Waals surface area contributed by atoms with Gasteiger partial charge in [-0.2, -0.15) is 0 Å². The summed E-state index contributed by atoms with van der Waals surface area (Å²) in [5.74, 6) is 0.271. The van der Waals surface area contributed by atoms with Gasteiger partial charge in [0.05, 0.1) is 24.9 Å². The summed E-state index contributed by atoms with van der Waals surface area (Å²) in [6, 6.07) is 7.11. The largest absolute Gasteiger partial charge is 0.508 e. The zero-order valence-electron chi connectivity index (χ0n) is 11.0. The average molecular weight is 251 g/mol. The number of aromatic hydroxyl groups is 1. The van der Waals surface area contributed by atoms with Crippen LogP contribution in [0.3, 0.4) is 0 Å². The van der Waals surface area contributed by atoms with Crippen LogP contribution in [0.5, 0.6) is 5.75 Å². The third kappa shape index (κ3) is 3.98. The number of nitrogens with one attached hydrogen (secondary N) is 1. The molecule has 1 unspecified atom stereocenters. The Morgan fingerprint density at radius 2 is 2.33 bits per heavy atom. The highest BCUT2D eigenvalue weighted by atomic mass is 16.5. The molecule has 1 aromatic carbocycles. The summed E-state index contributed by atoms with van der Waals surface area (Å²) in [7, 11) is 0. The smallest absolute Gasteiger partial charge is 0.115 e. The van der Waals surface area contributed by atoms with Gasteiger partial charge in [-0.1, -0.05) is 12.1 Å². The van der Waals surface area contributed by atoms with Gasteiger partial charge in [-0.05, 0) is 31.5 Å². The highest BCUT2D eigenvalue weighted by molar-refractivity contribution is 5.26. The molecule has 0 amide bonds. The normalized spacial score (nSPS) is 22.9. The van der Waals surface area contributed by atoms with E-state index in [1.165, 1.54) is 0 Å². The summed E-state index contributed by atoms with van der Waals surface area (Å²) >= 11 is 0. The molecule has 4 heteroatoms. The lowest BCUT2D eigenvalue weighted by molar-refractivity contribution is -0.122. The van der Waals surface area contributed by atoms with Crippen molar-refractivity contribution in [2.24, 2.45) is 0 Å². The molecule has 1 heterocycles. The van der Waals surface area contributed by atoms with Crippen molar-refractivity contribution in [2.75, 3.05) is 19.7 Å². The number of benzene rings is 1. The highest BCUT2D eigenvalue weighted by Crippen LogP contribution is 2.16. The van der Waals surface area contributed by atoms with Gasteiger partial charge in [0.25, 0.3) is 0 Å². The molecule has 1 fully saturated rings. The second-order valence-electron chi connectivity index (χ2n) is 5.32. The minimum atomic E-state index is -0.128. The number of morpholine rings is 1. The van der Waals surface area contributed by atoms with Crippen molar-refractivity contribution in [3.05, 3.63) is 29.8 Å². The van der Waals surface area contributed by atoms with Crippen LogP contribution in [0.25, 0.3) is 0 Å². The van der Waals surface area contributed by atoms with E-state index in [4.69, 9.17) is 9.47 Å². The zero-order valence-corrected chi connectivity index (χ0v) is 11.0. The second-order valence-corrected chi connectivity index (χ2v) is 5.32. The van der Waals surface area contributed by atoms with Gasteiger partial charge in [0, 0.05) is 13.1 Å². The maximum absolute atomic E-state index is 9.34. The molecule has 0 aromatic heterocycles. The zero-order chi connectivity index (χ0) is 13.0. The number of rotatable bonds is 4. The predicted molar refractivity (Wildman–Crippen MR) is 69.6 cm³/mol. The Hall–Kier alpha value is -1.10. The Balaban J connectivity index is 1.75. The first kappa shape index (κ1) is 13.3. The molecule has 1 aliphatic heterocycles. The Kier molecular flexibility index (Phi) is 4.22. The summed E-state index contributed by atoms with van der Waals surface area (Å²) in [4.78, 5) is 0. The molecule has 4 nitrogen and oxygen atoms in total. The average Bonchev–Trinajstić information content (AvgIpc) is 2.28. The fourth-order valence-electron chi connectivity index (χ4n) is 2.12. The van der Waals surface area contributed by atoms with E-state index < -0.39 is 0 Å². The van der Waals surface area contributed by atoms with E-state index in [1.54, 1.807) is 12.1 Å². The number of hydrogen-bond acceptors (Lipinski definition) is 4. The molecule has 1 atom stereocenters. The molecule has 0 spiro atoms. The molecule has 1 aromatic rings. The van der Waals surface area contributed by atoms with Gasteiger partial charge < -0.3 is 19.9 Å². The molecule has 0 saturated carbocycles. The van der Waals surface area contributed by atoms with Crippen molar-refractivity contribution in [1.82, 2.24) is 5.32 Å². The van der Waals surface area contributed by atoms with Crippen LogP contribution in [0.1, 0.15) is 19.4 Å². The van der Waals surface area contributed by atoms with Crippen LogP contribution < -0.4 is 5.32 Å². The minimum absolute atomic E-state index is 0.0889. The first-order valence-corrected chi connectivity index (χ1v) is 6.29. The van der Waals surface area contributed by atoms with Gasteiger partial charge in [-0.15, -0.1) is 0 Å². The maximum atomic E-state index is 9.34. The molecule has 1 saturated heterocycles. The van der Waals surface area contributed by atoms with Crippen LogP contribution >= 0.6 is 0 Å². The van der Waals surface area contributed by atoms with Gasteiger partial charge in [-0.25, -0.2) is 0 Å². The number of ether oxygens (including phenoxy) is 2. The lowest BCUT2D eigenvalue weighted by Gasteiger charge is -2.36. The first-order chi connectivity index (χ1) is 8.55. The summed E-state index contributed by atoms with van der Waals surface area (Å²) in [6.45, 7) is 6.89. The summed E-state index contributed by atoms with van der Waals surface area (Å²) in [5.41, 5.74) is 0.843. The fourth-order valence-corrected chi connectivity index (χ4v) is 2.12. The van der Waals surface area contributed by atoms with Crippen LogP contribution in [0.15, 0.2) is 24.3 Å². The van der Waals surface area contributed by atoms with Gasteiger partial charge >= 0.3 is 0 Å². The van der Waals surface area contributed by atoms with Crippen molar-refractivity contribution >= 4 is 0 Å². The number of phenolic OH excluding ortho intramolecular Hbond substituents is 1. The van der Waals surface area contributed by atoms with E-state index in [0.717, 1.165) is 18.7 Å². The van der Waals surface area contributed by atoms with Crippen LogP contribution in [0.4, 0.5) is 0 Å². The summed E-state index contributed by atoms with van der Waals surface area (Å²) in [5, 5.41) is 12.7. The number of hydrogen-bond donors (Lipinski definition) is 2. The lowest BCUT2D eigenvalue weighted by atomic mass is 10.1. The van der Waals surface area contributed by atoms with Crippen LogP contribution in [0, 0.1) is 0 Å². The Morgan fingerprint density at radius 1 is 1.50 bits per heavy atom. The Morgan fingerprint density at radius 3 is 3.06 bits per heavy atom. The quantitative estimate of drug-likeness (QED) is 0.855. The third-order valence-electron chi connectivity index (χ3n) is 2.89. The lowest BCUT2D eigenvalue weighted by Crippen LogP contribution is -2.51. The molecular weight excluding hydrogens is 230 g/mol. The third-order valence-corrected chi connectivity index (χ3v) is 2.89. The van der Waals surface area contributed by atoms with Gasteiger partial charge in [0.1, 0.15) is 5.75 Å². The van der Waals surface area contributed by atoms with Gasteiger partial charge in [0.15, 0.2) is 0 Å². The molecule has 1 aliphatic rings. The molecule has 0 radical (unpaired) electrons. The molecule has 2 N–H and O–H groups in total. The van der Waals surface area contributed by atoms with Gasteiger partial charge in [0.2, 0.25) is 0 Å². The van der Waals surface area contributed by atoms with Crippen molar-refractivity contribution in [3.8, 4) is 5.75 Å². The van der Waals surface area contributed by atoms with Crippen LogP contribution in [-0.4, -0.2) is 36.5 Å². The van der Waals surface area contributed by atoms with Crippen molar-refractivity contribution in [2.45, 2.75) is 32.2 Å². The molecular formula is C14H21NO3. The standard InChI is InChI=1S/C14H21NO3/c1-14(2)10-15-7-13(18-14)9-17-8-11-4-3-5-12(16)6-11/h3-6,13,15-16H,7-10H2,1-2H3. The maximum Gasteiger partial charge on any atom is 0.115 e. The first-order valence-electron chi connectivity index (χ1n) is 6.29. The fraction of sp³-hybridized carbons (Fsp3) is 0.571. The van der Waals surface area contributed by atoms with E-state index in [1.807, 2.05) is 12.1 Å². The molecule has 18 heavy (non-hydrogen) atoms. The predicted octanol–water partition coefficient (Wildman–Crippen LogP) is 1.68. The van der Waals surface area contributed by atoms with Crippen molar-refractivity contribution in [1.29, 1.82) is 0 Å². The SMILES string of the molecule is CC1(C)CNCC(COCc2cccc(O)c2)O1. The van der Waals surface area contributed by atoms with Crippen molar-refractivity contribution < 1.29 is 14.6 Å². The number of phenols is 1. The Labute approximate surface area is 108 Å².